The lowest BCUT2D eigenvalue weighted by Gasteiger charge is -2.18. The van der Waals surface area contributed by atoms with E-state index in [2.05, 4.69) is 5.32 Å². The minimum atomic E-state index is -0.164. The van der Waals surface area contributed by atoms with E-state index in [0.717, 1.165) is 13.0 Å². The van der Waals surface area contributed by atoms with E-state index in [1.807, 2.05) is 0 Å². The van der Waals surface area contributed by atoms with Crippen LogP contribution in [0.3, 0.4) is 0 Å². The van der Waals surface area contributed by atoms with E-state index in [9.17, 15) is 4.79 Å². The SMILES string of the molecule is NC(=O)C[C@H]1CCCC[NH2+]1. The van der Waals surface area contributed by atoms with Crippen molar-refractivity contribution in [2.45, 2.75) is 31.7 Å². The monoisotopic (exact) mass is 143 g/mol. The Bertz CT molecular complexity index is 119. The summed E-state index contributed by atoms with van der Waals surface area (Å²) >= 11 is 0. The summed E-state index contributed by atoms with van der Waals surface area (Å²) in [5.74, 6) is -0.164. The molecule has 4 N–H and O–H groups in total. The Kier molecular flexibility index (Phi) is 2.68. The van der Waals surface area contributed by atoms with Crippen molar-refractivity contribution in [2.75, 3.05) is 6.54 Å². The molecule has 0 spiro atoms. The van der Waals surface area contributed by atoms with Crippen LogP contribution in [0, 0.1) is 0 Å². The number of rotatable bonds is 2. The van der Waals surface area contributed by atoms with E-state index in [-0.39, 0.29) is 5.91 Å². The Morgan fingerprint density at radius 1 is 1.60 bits per heavy atom. The predicted molar refractivity (Wildman–Crippen MR) is 38.2 cm³/mol. The molecule has 1 aliphatic heterocycles. The van der Waals surface area contributed by atoms with Gasteiger partial charge in [0.1, 0.15) is 0 Å². The molecule has 0 bridgehead atoms. The van der Waals surface area contributed by atoms with Gasteiger partial charge in [-0.2, -0.15) is 0 Å². The zero-order valence-corrected chi connectivity index (χ0v) is 6.18. The average molecular weight is 143 g/mol. The molecule has 10 heavy (non-hydrogen) atoms. The average Bonchev–Trinajstić information content (AvgIpc) is 1.88. The maximum atomic E-state index is 10.5. The Balaban J connectivity index is 2.19. The fourth-order valence-corrected chi connectivity index (χ4v) is 1.47. The third-order valence-corrected chi connectivity index (χ3v) is 1.99. The fourth-order valence-electron chi connectivity index (χ4n) is 1.47. The highest BCUT2D eigenvalue weighted by Crippen LogP contribution is 2.03. The van der Waals surface area contributed by atoms with Crippen molar-refractivity contribution in [3.05, 3.63) is 0 Å². The van der Waals surface area contributed by atoms with Crippen molar-refractivity contribution in [1.82, 2.24) is 0 Å². The van der Waals surface area contributed by atoms with Crippen LogP contribution in [-0.2, 0) is 4.79 Å². The van der Waals surface area contributed by atoms with Crippen LogP contribution in [-0.4, -0.2) is 18.5 Å². The third kappa shape index (κ3) is 2.35. The smallest absolute Gasteiger partial charge is 0.223 e. The number of primary amides is 1. The summed E-state index contributed by atoms with van der Waals surface area (Å²) in [6.45, 7) is 1.16. The molecule has 1 atom stereocenters. The van der Waals surface area contributed by atoms with Gasteiger partial charge in [-0.1, -0.05) is 0 Å². The largest absolute Gasteiger partial charge is 0.369 e. The zero-order chi connectivity index (χ0) is 7.40. The first-order chi connectivity index (χ1) is 4.79. The van der Waals surface area contributed by atoms with Gasteiger partial charge in [-0.3, -0.25) is 4.79 Å². The lowest BCUT2D eigenvalue weighted by atomic mass is 10.0. The molecule has 1 rings (SSSR count). The molecule has 0 aliphatic carbocycles. The highest BCUT2D eigenvalue weighted by atomic mass is 16.1. The van der Waals surface area contributed by atoms with Gasteiger partial charge in [0.15, 0.2) is 0 Å². The second kappa shape index (κ2) is 3.56. The molecule has 3 nitrogen and oxygen atoms in total. The third-order valence-electron chi connectivity index (χ3n) is 1.99. The summed E-state index contributed by atoms with van der Waals surface area (Å²) in [5, 5.41) is 2.23. The molecule has 0 aromatic heterocycles. The van der Waals surface area contributed by atoms with E-state index in [1.54, 1.807) is 0 Å². The Morgan fingerprint density at radius 2 is 2.40 bits per heavy atom. The Hall–Kier alpha value is -0.570. The van der Waals surface area contributed by atoms with Gasteiger partial charge in [0.05, 0.1) is 19.0 Å². The molecule has 0 aromatic carbocycles. The van der Waals surface area contributed by atoms with E-state index in [0.29, 0.717) is 12.5 Å². The van der Waals surface area contributed by atoms with E-state index in [4.69, 9.17) is 5.73 Å². The molecule has 3 heteroatoms. The number of hydrogen-bond acceptors (Lipinski definition) is 1. The second-order valence-electron chi connectivity index (χ2n) is 2.95. The van der Waals surface area contributed by atoms with Crippen molar-refractivity contribution in [1.29, 1.82) is 0 Å². The molecule has 0 aromatic rings. The summed E-state index contributed by atoms with van der Waals surface area (Å²) in [7, 11) is 0. The summed E-state index contributed by atoms with van der Waals surface area (Å²) in [6.07, 6.45) is 4.26. The molecule has 0 radical (unpaired) electrons. The number of piperidine rings is 1. The maximum Gasteiger partial charge on any atom is 0.223 e. The topological polar surface area (TPSA) is 59.7 Å². The number of amides is 1. The summed E-state index contributed by atoms with van der Waals surface area (Å²) in [4.78, 5) is 10.5. The molecule has 1 heterocycles. The van der Waals surface area contributed by atoms with Crippen molar-refractivity contribution in [2.24, 2.45) is 5.73 Å². The van der Waals surface area contributed by atoms with Gasteiger partial charge in [0.25, 0.3) is 0 Å². The van der Waals surface area contributed by atoms with Crippen LogP contribution in [0.15, 0.2) is 0 Å². The first-order valence-electron chi connectivity index (χ1n) is 3.90. The molecule has 58 valence electrons. The van der Waals surface area contributed by atoms with E-state index in [1.165, 1.54) is 12.8 Å². The van der Waals surface area contributed by atoms with Gasteiger partial charge >= 0.3 is 0 Å². The maximum absolute atomic E-state index is 10.5. The van der Waals surface area contributed by atoms with Crippen LogP contribution in [0.4, 0.5) is 0 Å². The fraction of sp³-hybridized carbons (Fsp3) is 0.857. The second-order valence-corrected chi connectivity index (χ2v) is 2.95. The summed E-state index contributed by atoms with van der Waals surface area (Å²) in [6, 6.07) is 0.478. The quantitative estimate of drug-likeness (QED) is 0.510. The summed E-state index contributed by atoms with van der Waals surface area (Å²) < 4.78 is 0. The predicted octanol–water partition coefficient (Wildman–Crippen LogP) is -1.02. The number of quaternary nitrogens is 1. The van der Waals surface area contributed by atoms with Crippen LogP contribution in [0.1, 0.15) is 25.7 Å². The van der Waals surface area contributed by atoms with Crippen molar-refractivity contribution in [3.63, 3.8) is 0 Å². The van der Waals surface area contributed by atoms with Crippen LogP contribution in [0.25, 0.3) is 0 Å². The van der Waals surface area contributed by atoms with E-state index < -0.39 is 0 Å². The van der Waals surface area contributed by atoms with Gasteiger partial charge < -0.3 is 11.1 Å². The van der Waals surface area contributed by atoms with Crippen LogP contribution in [0.5, 0.6) is 0 Å². The van der Waals surface area contributed by atoms with Gasteiger partial charge in [-0.15, -0.1) is 0 Å². The number of carbonyl (C=O) groups excluding carboxylic acids is 1. The number of carbonyl (C=O) groups is 1. The number of nitrogens with two attached hydrogens (primary N) is 2. The van der Waals surface area contributed by atoms with E-state index >= 15 is 0 Å². The van der Waals surface area contributed by atoms with Crippen molar-refractivity contribution < 1.29 is 10.1 Å². The number of hydrogen-bond donors (Lipinski definition) is 2. The van der Waals surface area contributed by atoms with Crippen molar-refractivity contribution >= 4 is 5.91 Å². The highest BCUT2D eigenvalue weighted by Gasteiger charge is 2.17. The molecule has 1 fully saturated rings. The molecular weight excluding hydrogens is 128 g/mol. The lowest BCUT2D eigenvalue weighted by Crippen LogP contribution is -2.91. The van der Waals surface area contributed by atoms with Gasteiger partial charge in [0, 0.05) is 6.42 Å². The molecule has 0 unspecified atom stereocenters. The molecular formula is C7H15N2O+. The Morgan fingerprint density at radius 3 is 2.90 bits per heavy atom. The molecule has 1 amide bonds. The lowest BCUT2D eigenvalue weighted by molar-refractivity contribution is -0.696. The first kappa shape index (κ1) is 7.54. The van der Waals surface area contributed by atoms with Crippen LogP contribution in [0.2, 0.25) is 0 Å². The van der Waals surface area contributed by atoms with Crippen LogP contribution >= 0.6 is 0 Å². The highest BCUT2D eigenvalue weighted by molar-refractivity contribution is 5.74. The normalized spacial score (nSPS) is 26.2. The summed E-state index contributed by atoms with van der Waals surface area (Å²) in [5.41, 5.74) is 5.06. The zero-order valence-electron chi connectivity index (χ0n) is 6.18. The first-order valence-corrected chi connectivity index (χ1v) is 3.90. The Labute approximate surface area is 61.0 Å². The van der Waals surface area contributed by atoms with Gasteiger partial charge in [0.2, 0.25) is 5.91 Å². The van der Waals surface area contributed by atoms with Gasteiger partial charge in [-0.05, 0) is 12.8 Å². The van der Waals surface area contributed by atoms with Crippen molar-refractivity contribution in [3.8, 4) is 0 Å². The minimum absolute atomic E-state index is 0.164. The standard InChI is InChI=1S/C7H14N2O/c8-7(10)5-6-3-1-2-4-9-6/h6,9H,1-5H2,(H2,8,10)/p+1/t6-/m1/s1. The molecule has 0 saturated carbocycles. The van der Waals surface area contributed by atoms with Gasteiger partial charge in [-0.25, -0.2) is 0 Å². The van der Waals surface area contributed by atoms with Crippen LogP contribution < -0.4 is 11.1 Å². The molecule has 1 saturated heterocycles. The minimum Gasteiger partial charge on any atom is -0.369 e. The molecule has 1 aliphatic rings.